The van der Waals surface area contributed by atoms with E-state index < -0.39 is 46.2 Å². The first kappa shape index (κ1) is 29.2. The Kier molecular flexibility index (Phi) is 9.53. The maximum absolute atomic E-state index is 13.4. The van der Waals surface area contributed by atoms with E-state index in [2.05, 4.69) is 5.32 Å². The number of halogens is 3. The summed E-state index contributed by atoms with van der Waals surface area (Å²) in [6.45, 7) is 6.37. The molecule has 2 aromatic carbocycles. The van der Waals surface area contributed by atoms with Gasteiger partial charge in [0.05, 0.1) is 17.5 Å². The first-order valence-corrected chi connectivity index (χ1v) is 13.3. The maximum atomic E-state index is 13.4. The van der Waals surface area contributed by atoms with Gasteiger partial charge in [0.1, 0.15) is 12.6 Å². The van der Waals surface area contributed by atoms with Gasteiger partial charge in [0.15, 0.2) is 0 Å². The van der Waals surface area contributed by atoms with Crippen molar-refractivity contribution in [1.29, 1.82) is 0 Å². The molecular formula is C25H32F3N3O4S. The fourth-order valence-electron chi connectivity index (χ4n) is 3.39. The number of hydrogen-bond donors (Lipinski definition) is 1. The van der Waals surface area contributed by atoms with Crippen LogP contribution in [0.15, 0.2) is 48.5 Å². The summed E-state index contributed by atoms with van der Waals surface area (Å²) in [6.07, 6.45) is -3.21. The van der Waals surface area contributed by atoms with Crippen molar-refractivity contribution in [3.8, 4) is 0 Å². The Bertz CT molecular complexity index is 1170. The zero-order chi connectivity index (χ0) is 27.3. The molecule has 36 heavy (non-hydrogen) atoms. The molecule has 11 heteroatoms. The van der Waals surface area contributed by atoms with Crippen LogP contribution < -0.4 is 9.62 Å². The first-order chi connectivity index (χ1) is 16.6. The van der Waals surface area contributed by atoms with Gasteiger partial charge in [-0.2, -0.15) is 13.2 Å². The lowest BCUT2D eigenvalue weighted by molar-refractivity contribution is -0.139. The van der Waals surface area contributed by atoms with E-state index in [-0.39, 0.29) is 18.3 Å². The second kappa shape index (κ2) is 11.8. The zero-order valence-corrected chi connectivity index (χ0v) is 21.8. The van der Waals surface area contributed by atoms with Gasteiger partial charge >= 0.3 is 6.18 Å². The largest absolute Gasteiger partial charge is 0.416 e. The summed E-state index contributed by atoms with van der Waals surface area (Å²) < 4.78 is 65.4. The van der Waals surface area contributed by atoms with Gasteiger partial charge in [0.25, 0.3) is 0 Å². The summed E-state index contributed by atoms with van der Waals surface area (Å²) >= 11 is 0. The highest BCUT2D eigenvalue weighted by molar-refractivity contribution is 7.92. The number of hydrogen-bond acceptors (Lipinski definition) is 4. The highest BCUT2D eigenvalue weighted by atomic mass is 32.2. The van der Waals surface area contributed by atoms with Crippen LogP contribution in [-0.2, 0) is 32.3 Å². The monoisotopic (exact) mass is 527 g/mol. The molecule has 2 atom stereocenters. The number of alkyl halides is 3. The number of nitrogens with zero attached hydrogens (tertiary/aromatic N) is 2. The Labute approximate surface area is 210 Å². The fourth-order valence-corrected chi connectivity index (χ4v) is 4.23. The number of sulfonamides is 1. The van der Waals surface area contributed by atoms with E-state index in [1.54, 1.807) is 12.1 Å². The number of carbonyl (C=O) groups is 2. The predicted octanol–water partition coefficient (Wildman–Crippen LogP) is 4.11. The number of carbonyl (C=O) groups excluding carboxylic acids is 2. The molecule has 0 bridgehead atoms. The van der Waals surface area contributed by atoms with Gasteiger partial charge < -0.3 is 10.2 Å². The van der Waals surface area contributed by atoms with Crippen molar-refractivity contribution in [2.75, 3.05) is 17.1 Å². The molecule has 198 valence electrons. The molecule has 0 unspecified atom stereocenters. The Balaban J connectivity index is 2.43. The van der Waals surface area contributed by atoms with Gasteiger partial charge in [-0.25, -0.2) is 8.42 Å². The molecule has 0 saturated heterocycles. The number of rotatable bonds is 10. The summed E-state index contributed by atoms with van der Waals surface area (Å²) in [5, 5.41) is 2.81. The molecule has 0 fully saturated rings. The van der Waals surface area contributed by atoms with Crippen molar-refractivity contribution in [3.63, 3.8) is 0 Å². The minimum atomic E-state index is -4.69. The Hall–Kier alpha value is -3.08. The molecule has 0 aromatic heterocycles. The Morgan fingerprint density at radius 1 is 1.06 bits per heavy atom. The molecule has 0 heterocycles. The molecular weight excluding hydrogens is 495 g/mol. The highest BCUT2D eigenvalue weighted by Crippen LogP contribution is 2.32. The lowest BCUT2D eigenvalue weighted by Crippen LogP contribution is -2.52. The van der Waals surface area contributed by atoms with E-state index in [1.807, 2.05) is 32.9 Å². The van der Waals surface area contributed by atoms with Crippen LogP contribution in [0.25, 0.3) is 0 Å². The molecule has 0 saturated carbocycles. The summed E-state index contributed by atoms with van der Waals surface area (Å²) in [4.78, 5) is 27.5. The fraction of sp³-hybridized carbons (Fsp3) is 0.440. The van der Waals surface area contributed by atoms with Gasteiger partial charge in [-0.15, -0.1) is 0 Å². The number of aryl methyl sites for hydroxylation is 1. The highest BCUT2D eigenvalue weighted by Gasteiger charge is 2.33. The van der Waals surface area contributed by atoms with Gasteiger partial charge in [-0.05, 0) is 51.0 Å². The van der Waals surface area contributed by atoms with E-state index >= 15 is 0 Å². The van der Waals surface area contributed by atoms with E-state index in [0.29, 0.717) is 22.4 Å². The van der Waals surface area contributed by atoms with Crippen LogP contribution in [0, 0.1) is 6.92 Å². The van der Waals surface area contributed by atoms with Gasteiger partial charge in [0.2, 0.25) is 21.8 Å². The van der Waals surface area contributed by atoms with Gasteiger partial charge in [-0.1, -0.05) is 42.8 Å². The summed E-state index contributed by atoms with van der Waals surface area (Å²) in [7, 11) is -4.14. The lowest BCUT2D eigenvalue weighted by Gasteiger charge is -2.32. The average molecular weight is 528 g/mol. The molecule has 0 aliphatic heterocycles. The van der Waals surface area contributed by atoms with Crippen LogP contribution in [0.2, 0.25) is 0 Å². The average Bonchev–Trinajstić information content (AvgIpc) is 2.80. The molecule has 1 N–H and O–H groups in total. The van der Waals surface area contributed by atoms with Crippen molar-refractivity contribution in [2.24, 2.45) is 0 Å². The Morgan fingerprint density at radius 2 is 1.67 bits per heavy atom. The van der Waals surface area contributed by atoms with Crippen molar-refractivity contribution in [1.82, 2.24) is 10.2 Å². The van der Waals surface area contributed by atoms with Crippen LogP contribution in [-0.4, -0.2) is 50.0 Å². The van der Waals surface area contributed by atoms with Crippen LogP contribution in [0.4, 0.5) is 18.9 Å². The third-order valence-corrected chi connectivity index (χ3v) is 6.92. The molecule has 2 amide bonds. The van der Waals surface area contributed by atoms with Crippen molar-refractivity contribution in [3.05, 3.63) is 65.2 Å². The quantitative estimate of drug-likeness (QED) is 0.504. The summed E-state index contributed by atoms with van der Waals surface area (Å²) in [5.41, 5.74) is 0.362. The topological polar surface area (TPSA) is 86.8 Å². The molecule has 0 radical (unpaired) electrons. The number of anilines is 1. The van der Waals surface area contributed by atoms with E-state index in [4.69, 9.17) is 0 Å². The zero-order valence-electron chi connectivity index (χ0n) is 21.0. The van der Waals surface area contributed by atoms with Gasteiger partial charge in [-0.3, -0.25) is 13.9 Å². The Morgan fingerprint density at radius 3 is 2.19 bits per heavy atom. The smallest absolute Gasteiger partial charge is 0.352 e. The number of amides is 2. The molecule has 0 aliphatic carbocycles. The third-order valence-electron chi connectivity index (χ3n) is 5.78. The summed E-state index contributed by atoms with van der Waals surface area (Å²) in [6, 6.07) is 9.91. The van der Waals surface area contributed by atoms with Crippen LogP contribution in [0.5, 0.6) is 0 Å². The second-order valence-corrected chi connectivity index (χ2v) is 10.7. The predicted molar refractivity (Wildman–Crippen MR) is 133 cm³/mol. The molecule has 0 aliphatic rings. The lowest BCUT2D eigenvalue weighted by atomic mass is 10.1. The SMILES string of the molecule is CC[C@@H](C)NC(=O)[C@H](C)N(Cc1ccc(C)cc1)C(=O)CN(c1cccc(C(F)(F)F)c1)S(C)(=O)=O. The maximum Gasteiger partial charge on any atom is 0.416 e. The molecule has 0 spiro atoms. The van der Waals surface area contributed by atoms with Crippen LogP contribution >= 0.6 is 0 Å². The molecule has 2 rings (SSSR count). The third kappa shape index (κ3) is 7.97. The van der Waals surface area contributed by atoms with Crippen LogP contribution in [0.1, 0.15) is 43.9 Å². The van der Waals surface area contributed by atoms with Crippen molar-refractivity contribution in [2.45, 2.75) is 58.9 Å². The normalized spacial score (nSPS) is 13.6. The minimum absolute atomic E-state index is 0.00833. The van der Waals surface area contributed by atoms with E-state index in [1.165, 1.54) is 17.9 Å². The first-order valence-electron chi connectivity index (χ1n) is 11.4. The van der Waals surface area contributed by atoms with E-state index in [9.17, 15) is 31.2 Å². The standard InChI is InChI=1S/C25H32F3N3O4S/c1-6-18(3)29-24(33)19(4)30(15-20-12-10-17(2)11-13-20)23(32)16-31(36(5,34)35)22-9-7-8-21(14-22)25(26,27)28/h7-14,18-19H,6,15-16H2,1-5H3,(H,29,33)/t18-,19+/m1/s1. The number of benzene rings is 2. The van der Waals surface area contributed by atoms with Crippen LogP contribution in [0.3, 0.4) is 0 Å². The van der Waals surface area contributed by atoms with E-state index in [0.717, 1.165) is 24.0 Å². The minimum Gasteiger partial charge on any atom is -0.352 e. The molecule has 2 aromatic rings. The number of nitrogens with one attached hydrogen (secondary N) is 1. The van der Waals surface area contributed by atoms with Crippen molar-refractivity contribution >= 4 is 27.5 Å². The van der Waals surface area contributed by atoms with Gasteiger partial charge in [0, 0.05) is 12.6 Å². The molecule has 7 nitrogen and oxygen atoms in total. The summed E-state index contributed by atoms with van der Waals surface area (Å²) in [5.74, 6) is -1.15. The van der Waals surface area contributed by atoms with Crippen molar-refractivity contribution < 1.29 is 31.2 Å². The second-order valence-electron chi connectivity index (χ2n) is 8.82.